The summed E-state index contributed by atoms with van der Waals surface area (Å²) >= 11 is 0. The Morgan fingerprint density at radius 3 is 2.32 bits per heavy atom. The van der Waals surface area contributed by atoms with E-state index in [2.05, 4.69) is 0 Å². The number of ether oxygens (including phenoxy) is 2. The number of anilines is 1. The Kier molecular flexibility index (Phi) is 3.75. The molecule has 1 aliphatic rings. The monoisotopic (exact) mass is 297 g/mol. The van der Waals surface area contributed by atoms with Gasteiger partial charge in [-0.25, -0.2) is 4.79 Å². The average molecular weight is 297 g/mol. The van der Waals surface area contributed by atoms with Crippen LogP contribution in [0.3, 0.4) is 0 Å². The lowest BCUT2D eigenvalue weighted by molar-refractivity contribution is 0.143. The van der Waals surface area contributed by atoms with Crippen molar-refractivity contribution < 1.29 is 14.3 Å². The molecule has 0 spiro atoms. The molecule has 1 fully saturated rings. The molecule has 4 heteroatoms. The van der Waals surface area contributed by atoms with Crippen LogP contribution in [-0.2, 0) is 4.74 Å². The van der Waals surface area contributed by atoms with E-state index in [1.807, 2.05) is 62.4 Å². The highest BCUT2D eigenvalue weighted by molar-refractivity contribution is 5.91. The van der Waals surface area contributed by atoms with E-state index >= 15 is 0 Å². The van der Waals surface area contributed by atoms with Crippen molar-refractivity contribution in [3.8, 4) is 16.9 Å². The molecule has 0 radical (unpaired) electrons. The lowest BCUT2D eigenvalue weighted by Gasteiger charge is -2.19. The number of amides is 1. The third-order valence-electron chi connectivity index (χ3n) is 4.13. The highest BCUT2D eigenvalue weighted by atomic mass is 16.6. The van der Waals surface area contributed by atoms with Gasteiger partial charge >= 0.3 is 6.09 Å². The van der Waals surface area contributed by atoms with Gasteiger partial charge in [-0.15, -0.1) is 0 Å². The Morgan fingerprint density at radius 2 is 1.73 bits per heavy atom. The van der Waals surface area contributed by atoms with Gasteiger partial charge in [0.05, 0.1) is 13.2 Å². The van der Waals surface area contributed by atoms with E-state index in [4.69, 9.17) is 9.47 Å². The molecule has 0 bridgehead atoms. The van der Waals surface area contributed by atoms with Crippen LogP contribution in [-0.4, -0.2) is 25.3 Å². The van der Waals surface area contributed by atoms with Crippen LogP contribution in [0.25, 0.3) is 11.1 Å². The normalized spacial score (nSPS) is 20.9. The smallest absolute Gasteiger partial charge is 0.415 e. The molecule has 0 saturated carbocycles. The van der Waals surface area contributed by atoms with E-state index in [1.54, 1.807) is 12.0 Å². The molecule has 0 N–H and O–H groups in total. The first-order valence-electron chi connectivity index (χ1n) is 7.35. The SMILES string of the molecule is COc1ccccc1-c1ccc(N2C(=O)OC(C)C2C)cc1. The maximum atomic E-state index is 11.9. The lowest BCUT2D eigenvalue weighted by Crippen LogP contribution is -2.33. The number of carbonyl (C=O) groups is 1. The fourth-order valence-corrected chi connectivity index (χ4v) is 2.72. The maximum absolute atomic E-state index is 11.9. The Labute approximate surface area is 130 Å². The van der Waals surface area contributed by atoms with Gasteiger partial charge in [-0.2, -0.15) is 0 Å². The second-order valence-corrected chi connectivity index (χ2v) is 5.45. The number of carbonyl (C=O) groups excluding carboxylic acids is 1. The van der Waals surface area contributed by atoms with Gasteiger partial charge in [0.2, 0.25) is 0 Å². The molecule has 114 valence electrons. The van der Waals surface area contributed by atoms with E-state index in [0.717, 1.165) is 22.6 Å². The molecule has 2 aromatic rings. The zero-order chi connectivity index (χ0) is 15.7. The third-order valence-corrected chi connectivity index (χ3v) is 4.13. The molecule has 1 aliphatic heterocycles. The summed E-state index contributed by atoms with van der Waals surface area (Å²) in [7, 11) is 1.66. The number of nitrogens with zero attached hydrogens (tertiary/aromatic N) is 1. The first-order chi connectivity index (χ1) is 10.6. The molecule has 1 heterocycles. The molecular formula is C18H19NO3. The van der Waals surface area contributed by atoms with Crippen molar-refractivity contribution in [2.45, 2.75) is 26.0 Å². The summed E-state index contributed by atoms with van der Waals surface area (Å²) in [5, 5.41) is 0. The van der Waals surface area contributed by atoms with E-state index < -0.39 is 0 Å². The molecule has 2 atom stereocenters. The van der Waals surface area contributed by atoms with Crippen LogP contribution in [0.5, 0.6) is 5.75 Å². The standard InChI is InChI=1S/C18H19NO3/c1-12-13(2)22-18(20)19(12)15-10-8-14(9-11-15)16-6-4-5-7-17(16)21-3/h4-13H,1-3H3. The van der Waals surface area contributed by atoms with Gasteiger partial charge in [0.15, 0.2) is 0 Å². The second-order valence-electron chi connectivity index (χ2n) is 5.45. The summed E-state index contributed by atoms with van der Waals surface area (Å²) < 4.78 is 10.7. The first-order valence-corrected chi connectivity index (χ1v) is 7.35. The summed E-state index contributed by atoms with van der Waals surface area (Å²) in [6.07, 6.45) is -0.383. The fourth-order valence-electron chi connectivity index (χ4n) is 2.72. The van der Waals surface area contributed by atoms with Gasteiger partial charge < -0.3 is 9.47 Å². The van der Waals surface area contributed by atoms with Crippen molar-refractivity contribution in [2.24, 2.45) is 0 Å². The summed E-state index contributed by atoms with van der Waals surface area (Å²) in [6.45, 7) is 3.90. The van der Waals surface area contributed by atoms with E-state index in [9.17, 15) is 4.79 Å². The molecule has 1 amide bonds. The van der Waals surface area contributed by atoms with E-state index in [-0.39, 0.29) is 18.2 Å². The predicted octanol–water partition coefficient (Wildman–Crippen LogP) is 4.10. The van der Waals surface area contributed by atoms with Crippen molar-refractivity contribution in [3.63, 3.8) is 0 Å². The summed E-state index contributed by atoms with van der Waals surface area (Å²) in [5.41, 5.74) is 2.93. The van der Waals surface area contributed by atoms with Crippen LogP contribution in [0, 0.1) is 0 Å². The van der Waals surface area contributed by atoms with Gasteiger partial charge in [0.1, 0.15) is 11.9 Å². The first kappa shape index (κ1) is 14.4. The van der Waals surface area contributed by atoms with Crippen molar-refractivity contribution in [1.29, 1.82) is 0 Å². The molecule has 1 saturated heterocycles. The lowest BCUT2D eigenvalue weighted by atomic mass is 10.0. The van der Waals surface area contributed by atoms with Crippen molar-refractivity contribution >= 4 is 11.8 Å². The van der Waals surface area contributed by atoms with Crippen LogP contribution in [0.2, 0.25) is 0 Å². The molecule has 0 aliphatic carbocycles. The van der Waals surface area contributed by atoms with Crippen LogP contribution < -0.4 is 9.64 Å². The highest BCUT2D eigenvalue weighted by Crippen LogP contribution is 2.32. The van der Waals surface area contributed by atoms with Crippen LogP contribution >= 0.6 is 0 Å². The number of methoxy groups -OCH3 is 1. The zero-order valence-electron chi connectivity index (χ0n) is 12.9. The topological polar surface area (TPSA) is 38.8 Å². The number of para-hydroxylation sites is 1. The average Bonchev–Trinajstić information content (AvgIpc) is 2.80. The number of cyclic esters (lactones) is 1. The predicted molar refractivity (Wildman–Crippen MR) is 86.3 cm³/mol. The number of hydrogen-bond donors (Lipinski definition) is 0. The van der Waals surface area contributed by atoms with Crippen molar-refractivity contribution in [2.75, 3.05) is 12.0 Å². The summed E-state index contributed by atoms with van der Waals surface area (Å²) in [5.74, 6) is 0.831. The minimum absolute atomic E-state index is 0.0320. The molecule has 0 aromatic heterocycles. The molecular weight excluding hydrogens is 278 g/mol. The Bertz CT molecular complexity index is 681. The Morgan fingerprint density at radius 1 is 1.05 bits per heavy atom. The number of benzene rings is 2. The van der Waals surface area contributed by atoms with Gasteiger partial charge in [-0.3, -0.25) is 4.90 Å². The van der Waals surface area contributed by atoms with Gasteiger partial charge in [0, 0.05) is 11.3 Å². The van der Waals surface area contributed by atoms with Crippen LogP contribution in [0.1, 0.15) is 13.8 Å². The van der Waals surface area contributed by atoms with E-state index in [1.165, 1.54) is 0 Å². The van der Waals surface area contributed by atoms with Crippen LogP contribution in [0.15, 0.2) is 48.5 Å². The van der Waals surface area contributed by atoms with Gasteiger partial charge in [0.25, 0.3) is 0 Å². The zero-order valence-corrected chi connectivity index (χ0v) is 12.9. The molecule has 2 aromatic carbocycles. The third kappa shape index (κ3) is 2.41. The number of hydrogen-bond acceptors (Lipinski definition) is 3. The van der Waals surface area contributed by atoms with E-state index in [0.29, 0.717) is 0 Å². The Balaban J connectivity index is 1.92. The summed E-state index contributed by atoms with van der Waals surface area (Å²) in [4.78, 5) is 13.6. The molecule has 2 unspecified atom stereocenters. The number of rotatable bonds is 3. The molecule has 4 nitrogen and oxygen atoms in total. The quantitative estimate of drug-likeness (QED) is 0.856. The van der Waals surface area contributed by atoms with Gasteiger partial charge in [-0.1, -0.05) is 30.3 Å². The minimum atomic E-state index is -0.287. The second kappa shape index (κ2) is 5.72. The molecule has 22 heavy (non-hydrogen) atoms. The van der Waals surface area contributed by atoms with Crippen molar-refractivity contribution in [1.82, 2.24) is 0 Å². The largest absolute Gasteiger partial charge is 0.496 e. The maximum Gasteiger partial charge on any atom is 0.415 e. The fraction of sp³-hybridized carbons (Fsp3) is 0.278. The minimum Gasteiger partial charge on any atom is -0.496 e. The molecule has 3 rings (SSSR count). The van der Waals surface area contributed by atoms with Crippen LogP contribution in [0.4, 0.5) is 10.5 Å². The van der Waals surface area contributed by atoms with Crippen molar-refractivity contribution in [3.05, 3.63) is 48.5 Å². The highest BCUT2D eigenvalue weighted by Gasteiger charge is 2.36. The summed E-state index contributed by atoms with van der Waals surface area (Å²) in [6, 6.07) is 15.8. The van der Waals surface area contributed by atoms with Gasteiger partial charge in [-0.05, 0) is 37.6 Å². The Hall–Kier alpha value is -2.49.